The Morgan fingerprint density at radius 1 is 1.67 bits per heavy atom. The van der Waals surface area contributed by atoms with Gasteiger partial charge in [-0.3, -0.25) is 9.89 Å². The molecule has 0 saturated heterocycles. The molecule has 0 atom stereocenters. The van der Waals surface area contributed by atoms with Gasteiger partial charge in [0.2, 0.25) is 0 Å². The largest absolute Gasteiger partial charge is 0.382 e. The van der Waals surface area contributed by atoms with Crippen molar-refractivity contribution in [1.82, 2.24) is 15.1 Å². The van der Waals surface area contributed by atoms with Crippen LogP contribution in [-0.4, -0.2) is 34.6 Å². The lowest BCUT2D eigenvalue weighted by Crippen LogP contribution is -2.29. The molecule has 1 aromatic rings. The summed E-state index contributed by atoms with van der Waals surface area (Å²) in [5, 5.41) is 6.46. The molecule has 0 saturated carbocycles. The van der Waals surface area contributed by atoms with Crippen LogP contribution in [0.4, 0.5) is 5.82 Å². The van der Waals surface area contributed by atoms with Crippen LogP contribution in [0.1, 0.15) is 23.0 Å². The minimum atomic E-state index is -0.137. The van der Waals surface area contributed by atoms with Crippen LogP contribution in [0.25, 0.3) is 0 Å². The van der Waals surface area contributed by atoms with Crippen LogP contribution in [0, 0.1) is 6.92 Å². The highest BCUT2D eigenvalue weighted by Gasteiger charge is 2.19. The van der Waals surface area contributed by atoms with E-state index in [2.05, 4.69) is 16.8 Å². The molecule has 1 heterocycles. The number of hydrogen-bond acceptors (Lipinski definition) is 3. The molecule has 0 aromatic carbocycles. The number of aromatic amines is 1. The third kappa shape index (κ3) is 2.37. The summed E-state index contributed by atoms with van der Waals surface area (Å²) < 4.78 is 0. The Bertz CT molecular complexity index is 375. The number of carbonyl (C=O) groups is 1. The number of nitrogens with one attached hydrogen (secondary N) is 1. The summed E-state index contributed by atoms with van der Waals surface area (Å²) >= 11 is 0. The average Bonchev–Trinajstić information content (AvgIpc) is 2.44. The maximum absolute atomic E-state index is 11.9. The minimum absolute atomic E-state index is 0.137. The maximum atomic E-state index is 11.9. The first-order valence-corrected chi connectivity index (χ1v) is 4.63. The molecule has 0 aliphatic rings. The van der Waals surface area contributed by atoms with E-state index in [1.54, 1.807) is 18.9 Å². The van der Waals surface area contributed by atoms with Crippen LogP contribution in [0.5, 0.6) is 0 Å². The monoisotopic (exact) mass is 208 g/mol. The van der Waals surface area contributed by atoms with Gasteiger partial charge in [-0.1, -0.05) is 12.2 Å². The van der Waals surface area contributed by atoms with Crippen LogP contribution in [0.2, 0.25) is 0 Å². The first kappa shape index (κ1) is 11.3. The lowest BCUT2D eigenvalue weighted by atomic mass is 10.2. The number of anilines is 1. The van der Waals surface area contributed by atoms with E-state index < -0.39 is 0 Å². The first-order valence-electron chi connectivity index (χ1n) is 4.63. The number of likely N-dealkylation sites (N-methyl/N-ethyl adjacent to an activating group) is 1. The molecular weight excluding hydrogens is 192 g/mol. The summed E-state index contributed by atoms with van der Waals surface area (Å²) in [5.74, 6) is 0.104. The molecule has 0 aliphatic heterocycles. The van der Waals surface area contributed by atoms with Gasteiger partial charge in [0, 0.05) is 19.3 Å². The van der Waals surface area contributed by atoms with Gasteiger partial charge < -0.3 is 10.6 Å². The van der Waals surface area contributed by atoms with Gasteiger partial charge in [-0.2, -0.15) is 5.10 Å². The third-order valence-corrected chi connectivity index (χ3v) is 2.04. The highest BCUT2D eigenvalue weighted by atomic mass is 16.2. The zero-order valence-corrected chi connectivity index (χ0v) is 9.29. The van der Waals surface area contributed by atoms with Crippen molar-refractivity contribution in [3.05, 3.63) is 23.4 Å². The van der Waals surface area contributed by atoms with E-state index in [0.29, 0.717) is 17.8 Å². The Labute approximate surface area is 89.0 Å². The van der Waals surface area contributed by atoms with Crippen LogP contribution in [0.15, 0.2) is 12.2 Å². The fraction of sp³-hybridized carbons (Fsp3) is 0.400. The summed E-state index contributed by atoms with van der Waals surface area (Å²) in [4.78, 5) is 13.5. The van der Waals surface area contributed by atoms with E-state index in [0.717, 1.165) is 5.57 Å². The molecule has 1 amide bonds. The van der Waals surface area contributed by atoms with Crippen molar-refractivity contribution in [2.75, 3.05) is 19.3 Å². The van der Waals surface area contributed by atoms with Gasteiger partial charge in [-0.25, -0.2) is 0 Å². The Morgan fingerprint density at radius 3 is 2.67 bits per heavy atom. The molecule has 5 heteroatoms. The number of hydrogen-bond donors (Lipinski definition) is 2. The molecule has 5 nitrogen and oxygen atoms in total. The number of nitrogens with zero attached hydrogens (tertiary/aromatic N) is 2. The number of nitrogens with two attached hydrogens (primary N) is 1. The van der Waals surface area contributed by atoms with Crippen LogP contribution in [0.3, 0.4) is 0 Å². The summed E-state index contributed by atoms with van der Waals surface area (Å²) in [7, 11) is 1.71. The van der Waals surface area contributed by atoms with Crippen LogP contribution in [-0.2, 0) is 0 Å². The minimum Gasteiger partial charge on any atom is -0.382 e. The van der Waals surface area contributed by atoms with Gasteiger partial charge in [0.15, 0.2) is 5.82 Å². The standard InChI is InChI=1S/C10H16N4O/c1-6(2)5-14(4)10(15)8-7(3)12-13-9(8)11/h1,5H2,2-4H3,(H3,11,12,13). The van der Waals surface area contributed by atoms with Crippen LogP contribution < -0.4 is 5.73 Å². The molecule has 0 bridgehead atoms. The molecule has 82 valence electrons. The Hall–Kier alpha value is -1.78. The van der Waals surface area contributed by atoms with Crippen LogP contribution >= 0.6 is 0 Å². The first-order chi connectivity index (χ1) is 6.93. The predicted molar refractivity (Wildman–Crippen MR) is 59.5 cm³/mol. The van der Waals surface area contributed by atoms with Crippen molar-refractivity contribution in [2.45, 2.75) is 13.8 Å². The van der Waals surface area contributed by atoms with E-state index in [-0.39, 0.29) is 11.7 Å². The molecular formula is C10H16N4O. The molecule has 0 unspecified atom stereocenters. The highest BCUT2D eigenvalue weighted by Crippen LogP contribution is 2.14. The van der Waals surface area contributed by atoms with Crippen molar-refractivity contribution in [1.29, 1.82) is 0 Å². The van der Waals surface area contributed by atoms with Crippen molar-refractivity contribution in [2.24, 2.45) is 0 Å². The lowest BCUT2D eigenvalue weighted by molar-refractivity contribution is 0.0807. The van der Waals surface area contributed by atoms with E-state index >= 15 is 0 Å². The number of aromatic nitrogens is 2. The summed E-state index contributed by atoms with van der Waals surface area (Å²) in [6.07, 6.45) is 0. The second-order valence-electron chi connectivity index (χ2n) is 3.73. The molecule has 1 rings (SSSR count). The van der Waals surface area contributed by atoms with Gasteiger partial charge in [-0.15, -0.1) is 0 Å². The summed E-state index contributed by atoms with van der Waals surface area (Å²) in [6, 6.07) is 0. The quantitative estimate of drug-likeness (QED) is 0.726. The van der Waals surface area contributed by atoms with E-state index in [1.165, 1.54) is 0 Å². The second-order valence-corrected chi connectivity index (χ2v) is 3.73. The topological polar surface area (TPSA) is 75.0 Å². The predicted octanol–water partition coefficient (Wildman–Crippen LogP) is 0.948. The number of carbonyl (C=O) groups excluding carboxylic acids is 1. The van der Waals surface area contributed by atoms with Gasteiger partial charge in [-0.05, 0) is 13.8 Å². The summed E-state index contributed by atoms with van der Waals surface area (Å²) in [6.45, 7) is 7.91. The zero-order valence-electron chi connectivity index (χ0n) is 9.29. The number of H-pyrrole nitrogens is 1. The van der Waals surface area contributed by atoms with Crippen molar-refractivity contribution in [3.8, 4) is 0 Å². The fourth-order valence-electron chi connectivity index (χ4n) is 1.39. The Balaban J connectivity index is 2.89. The lowest BCUT2D eigenvalue weighted by Gasteiger charge is -2.16. The normalized spacial score (nSPS) is 10.1. The number of rotatable bonds is 3. The molecule has 0 aliphatic carbocycles. The smallest absolute Gasteiger partial charge is 0.259 e. The van der Waals surface area contributed by atoms with E-state index in [1.807, 2.05) is 6.92 Å². The van der Waals surface area contributed by atoms with E-state index in [9.17, 15) is 4.79 Å². The van der Waals surface area contributed by atoms with Crippen molar-refractivity contribution in [3.63, 3.8) is 0 Å². The second kappa shape index (κ2) is 4.16. The molecule has 15 heavy (non-hydrogen) atoms. The molecule has 0 spiro atoms. The van der Waals surface area contributed by atoms with Gasteiger partial charge >= 0.3 is 0 Å². The summed E-state index contributed by atoms with van der Waals surface area (Å²) in [5.41, 5.74) is 7.65. The van der Waals surface area contributed by atoms with Crippen molar-refractivity contribution >= 4 is 11.7 Å². The van der Waals surface area contributed by atoms with Crippen molar-refractivity contribution < 1.29 is 4.79 Å². The maximum Gasteiger partial charge on any atom is 0.259 e. The Kier molecular flexibility index (Phi) is 3.14. The number of aryl methyl sites for hydroxylation is 1. The SMILES string of the molecule is C=C(C)CN(C)C(=O)c1c(N)n[nH]c1C. The average molecular weight is 208 g/mol. The number of nitrogen functional groups attached to an aromatic ring is 1. The molecule has 1 aromatic heterocycles. The van der Waals surface area contributed by atoms with Gasteiger partial charge in [0.25, 0.3) is 5.91 Å². The molecule has 0 fully saturated rings. The fourth-order valence-corrected chi connectivity index (χ4v) is 1.39. The third-order valence-electron chi connectivity index (χ3n) is 2.04. The number of amides is 1. The molecule has 3 N–H and O–H groups in total. The highest BCUT2D eigenvalue weighted by molar-refractivity contribution is 5.99. The van der Waals surface area contributed by atoms with Gasteiger partial charge in [0.1, 0.15) is 5.56 Å². The molecule has 0 radical (unpaired) electrons. The van der Waals surface area contributed by atoms with E-state index in [4.69, 9.17) is 5.73 Å². The van der Waals surface area contributed by atoms with Gasteiger partial charge in [0.05, 0.1) is 0 Å². The zero-order chi connectivity index (χ0) is 11.6. The Morgan fingerprint density at radius 2 is 2.27 bits per heavy atom.